The zero-order chi connectivity index (χ0) is 13.7. The Balaban J connectivity index is 1.80. The summed E-state index contributed by atoms with van der Waals surface area (Å²) in [6.45, 7) is 5.37. The first-order valence-electron chi connectivity index (χ1n) is 8.38. The van der Waals surface area contributed by atoms with Crippen molar-refractivity contribution in [1.82, 2.24) is 0 Å². The van der Waals surface area contributed by atoms with Crippen molar-refractivity contribution in [2.75, 3.05) is 6.61 Å². The van der Waals surface area contributed by atoms with Gasteiger partial charge in [-0.05, 0) is 25.2 Å². The number of hydrogen-bond donors (Lipinski definition) is 0. The van der Waals surface area contributed by atoms with Crippen molar-refractivity contribution in [2.45, 2.75) is 84.2 Å². The molecule has 0 saturated heterocycles. The molecule has 0 N–H and O–H groups in total. The summed E-state index contributed by atoms with van der Waals surface area (Å²) < 4.78 is 6.17. The molecule has 0 aromatic rings. The van der Waals surface area contributed by atoms with Crippen LogP contribution in [0.15, 0.2) is 0 Å². The highest BCUT2D eigenvalue weighted by atomic mass is 16.5. The number of carbonyl (C=O) groups is 1. The molecule has 2 heteroatoms. The summed E-state index contributed by atoms with van der Waals surface area (Å²) in [5, 5.41) is 0. The largest absolute Gasteiger partial charge is 0.376 e. The van der Waals surface area contributed by atoms with Gasteiger partial charge in [-0.3, -0.25) is 4.79 Å². The number of ether oxygens (including phenoxy) is 1. The Bertz CT molecular complexity index is 292. The standard InChI is InChI=1S/C17H30O2/c1-3-5-9-14(4-2)13-19-16-12-15(18)17(16)10-7-6-8-11-17/h14,16H,3-13H2,1-2H3. The average Bonchev–Trinajstić information content (AvgIpc) is 2.47. The van der Waals surface area contributed by atoms with Crippen molar-refractivity contribution in [3.63, 3.8) is 0 Å². The number of unbranched alkanes of at least 4 members (excludes halogenated alkanes) is 1. The van der Waals surface area contributed by atoms with Crippen molar-refractivity contribution in [1.29, 1.82) is 0 Å². The molecule has 2 saturated carbocycles. The van der Waals surface area contributed by atoms with Crippen LogP contribution in [0.5, 0.6) is 0 Å². The Morgan fingerprint density at radius 2 is 2.00 bits per heavy atom. The maximum atomic E-state index is 12.0. The number of rotatable bonds is 7. The van der Waals surface area contributed by atoms with Crippen LogP contribution >= 0.6 is 0 Å². The van der Waals surface area contributed by atoms with Gasteiger partial charge in [0.1, 0.15) is 5.78 Å². The van der Waals surface area contributed by atoms with E-state index in [1.807, 2.05) is 0 Å². The molecular weight excluding hydrogens is 236 g/mol. The van der Waals surface area contributed by atoms with Gasteiger partial charge in [0.25, 0.3) is 0 Å². The molecule has 2 atom stereocenters. The van der Waals surface area contributed by atoms with Crippen LogP contribution in [0.4, 0.5) is 0 Å². The van der Waals surface area contributed by atoms with Crippen molar-refractivity contribution < 1.29 is 9.53 Å². The third-order valence-electron chi connectivity index (χ3n) is 5.36. The average molecular weight is 266 g/mol. The zero-order valence-corrected chi connectivity index (χ0v) is 12.7. The summed E-state index contributed by atoms with van der Waals surface area (Å²) >= 11 is 0. The van der Waals surface area contributed by atoms with Crippen LogP contribution in [-0.4, -0.2) is 18.5 Å². The fourth-order valence-corrected chi connectivity index (χ4v) is 3.77. The van der Waals surface area contributed by atoms with Gasteiger partial charge >= 0.3 is 0 Å². The van der Waals surface area contributed by atoms with Crippen LogP contribution in [0.25, 0.3) is 0 Å². The summed E-state index contributed by atoms with van der Waals surface area (Å²) in [5.74, 6) is 1.18. The normalized spacial score (nSPS) is 27.3. The molecule has 2 unspecified atom stereocenters. The lowest BCUT2D eigenvalue weighted by Crippen LogP contribution is -2.56. The third-order valence-corrected chi connectivity index (χ3v) is 5.36. The van der Waals surface area contributed by atoms with E-state index in [0.29, 0.717) is 18.1 Å². The fraction of sp³-hybridized carbons (Fsp3) is 0.941. The van der Waals surface area contributed by atoms with Gasteiger partial charge in [0, 0.05) is 13.0 Å². The predicted octanol–water partition coefficient (Wildman–Crippen LogP) is 4.51. The molecule has 0 bridgehead atoms. The Labute approximate surface area is 118 Å². The quantitative estimate of drug-likeness (QED) is 0.677. The lowest BCUT2D eigenvalue weighted by molar-refractivity contribution is -0.171. The highest BCUT2D eigenvalue weighted by molar-refractivity contribution is 5.92. The molecule has 2 rings (SSSR count). The molecule has 0 amide bonds. The Morgan fingerprint density at radius 3 is 2.58 bits per heavy atom. The molecule has 0 aliphatic heterocycles. The lowest BCUT2D eigenvalue weighted by atomic mass is 9.57. The SMILES string of the molecule is CCCCC(CC)COC1CC(=O)C12CCCCC2. The van der Waals surface area contributed by atoms with E-state index in [9.17, 15) is 4.79 Å². The second-order valence-electron chi connectivity index (χ2n) is 6.58. The Hall–Kier alpha value is -0.370. The van der Waals surface area contributed by atoms with E-state index in [2.05, 4.69) is 13.8 Å². The minimum Gasteiger partial charge on any atom is -0.376 e. The molecule has 2 nitrogen and oxygen atoms in total. The molecule has 110 valence electrons. The van der Waals surface area contributed by atoms with E-state index in [4.69, 9.17) is 4.74 Å². The van der Waals surface area contributed by atoms with Crippen LogP contribution in [0.2, 0.25) is 0 Å². The molecule has 0 aromatic carbocycles. The van der Waals surface area contributed by atoms with E-state index in [-0.39, 0.29) is 11.5 Å². The first kappa shape index (κ1) is 15.0. The van der Waals surface area contributed by atoms with Crippen molar-refractivity contribution in [2.24, 2.45) is 11.3 Å². The van der Waals surface area contributed by atoms with Crippen molar-refractivity contribution in [3.05, 3.63) is 0 Å². The molecule has 0 radical (unpaired) electrons. The van der Waals surface area contributed by atoms with Gasteiger partial charge in [0.2, 0.25) is 0 Å². The van der Waals surface area contributed by atoms with Gasteiger partial charge in [-0.1, -0.05) is 52.4 Å². The third kappa shape index (κ3) is 3.21. The number of ketones is 1. The predicted molar refractivity (Wildman–Crippen MR) is 78.2 cm³/mol. The molecule has 2 aliphatic carbocycles. The van der Waals surface area contributed by atoms with E-state index < -0.39 is 0 Å². The van der Waals surface area contributed by atoms with Gasteiger partial charge in [0.15, 0.2) is 0 Å². The first-order chi connectivity index (χ1) is 9.23. The van der Waals surface area contributed by atoms with E-state index in [0.717, 1.165) is 19.4 Å². The molecule has 0 aromatic heterocycles. The molecule has 2 aliphatic rings. The summed E-state index contributed by atoms with van der Waals surface area (Å²) in [7, 11) is 0. The molecule has 19 heavy (non-hydrogen) atoms. The maximum Gasteiger partial charge on any atom is 0.144 e. The minimum atomic E-state index is -0.0543. The molecular formula is C17H30O2. The number of carbonyl (C=O) groups excluding carboxylic acids is 1. The summed E-state index contributed by atoms with van der Waals surface area (Å²) in [4.78, 5) is 12.0. The van der Waals surface area contributed by atoms with E-state index in [1.54, 1.807) is 0 Å². The Morgan fingerprint density at radius 1 is 1.26 bits per heavy atom. The van der Waals surface area contributed by atoms with Gasteiger partial charge in [-0.15, -0.1) is 0 Å². The van der Waals surface area contributed by atoms with Gasteiger partial charge < -0.3 is 4.74 Å². The van der Waals surface area contributed by atoms with E-state index >= 15 is 0 Å². The van der Waals surface area contributed by atoms with Crippen LogP contribution in [0.3, 0.4) is 0 Å². The van der Waals surface area contributed by atoms with Gasteiger partial charge in [-0.2, -0.15) is 0 Å². The summed E-state index contributed by atoms with van der Waals surface area (Å²) in [5.41, 5.74) is -0.0543. The van der Waals surface area contributed by atoms with Crippen LogP contribution in [0.1, 0.15) is 78.1 Å². The second-order valence-corrected chi connectivity index (χ2v) is 6.58. The molecule has 1 spiro atoms. The van der Waals surface area contributed by atoms with Crippen LogP contribution in [0, 0.1) is 11.3 Å². The number of hydrogen-bond acceptors (Lipinski definition) is 2. The lowest BCUT2D eigenvalue weighted by Gasteiger charge is -2.50. The van der Waals surface area contributed by atoms with E-state index in [1.165, 1.54) is 44.9 Å². The Kier molecular flexibility index (Phi) is 5.44. The first-order valence-corrected chi connectivity index (χ1v) is 8.38. The summed E-state index contributed by atoms with van der Waals surface area (Å²) in [6.07, 6.45) is 11.9. The molecule has 2 fully saturated rings. The smallest absolute Gasteiger partial charge is 0.144 e. The van der Waals surface area contributed by atoms with Crippen LogP contribution in [-0.2, 0) is 9.53 Å². The molecule has 0 heterocycles. The zero-order valence-electron chi connectivity index (χ0n) is 12.7. The van der Waals surface area contributed by atoms with Crippen molar-refractivity contribution >= 4 is 5.78 Å². The minimum absolute atomic E-state index is 0.0543. The maximum absolute atomic E-state index is 12.0. The van der Waals surface area contributed by atoms with Crippen molar-refractivity contribution in [3.8, 4) is 0 Å². The monoisotopic (exact) mass is 266 g/mol. The topological polar surface area (TPSA) is 26.3 Å². The highest BCUT2D eigenvalue weighted by Gasteiger charge is 2.55. The fourth-order valence-electron chi connectivity index (χ4n) is 3.77. The summed E-state index contributed by atoms with van der Waals surface area (Å²) in [6, 6.07) is 0. The number of Topliss-reactive ketones (excluding diaryl/α,β-unsaturated/α-hetero) is 1. The highest BCUT2D eigenvalue weighted by Crippen LogP contribution is 2.50. The van der Waals surface area contributed by atoms with Gasteiger partial charge in [-0.25, -0.2) is 0 Å². The van der Waals surface area contributed by atoms with Crippen LogP contribution < -0.4 is 0 Å². The second kappa shape index (κ2) is 6.88. The van der Waals surface area contributed by atoms with Gasteiger partial charge in [0.05, 0.1) is 11.5 Å².